The largest absolute Gasteiger partial charge is 0.325 e. The first-order valence-electron chi connectivity index (χ1n) is 5.01. The maximum absolute atomic E-state index is 11.9. The van der Waals surface area contributed by atoms with Crippen molar-refractivity contribution in [3.8, 4) is 0 Å². The molecule has 0 radical (unpaired) electrons. The number of rotatable bonds is 3. The van der Waals surface area contributed by atoms with Crippen LogP contribution in [0.5, 0.6) is 0 Å². The highest BCUT2D eigenvalue weighted by Gasteiger charge is 2.12. The molecular formula is C11H9ClIN3OS. The van der Waals surface area contributed by atoms with E-state index < -0.39 is 0 Å². The third-order valence-corrected chi connectivity index (χ3v) is 4.01. The van der Waals surface area contributed by atoms with Crippen LogP contribution >= 0.6 is 45.5 Å². The van der Waals surface area contributed by atoms with Crippen LogP contribution in [0.1, 0.15) is 15.5 Å². The quantitative estimate of drug-likeness (QED) is 0.787. The zero-order valence-corrected chi connectivity index (χ0v) is 12.8. The minimum absolute atomic E-state index is 0.283. The normalized spacial score (nSPS) is 10.4. The van der Waals surface area contributed by atoms with Crippen LogP contribution in [-0.2, 0) is 6.54 Å². The minimum atomic E-state index is -0.283. The number of aromatic nitrogens is 1. The van der Waals surface area contributed by atoms with Crippen molar-refractivity contribution < 1.29 is 4.79 Å². The highest BCUT2D eigenvalue weighted by molar-refractivity contribution is 14.1. The van der Waals surface area contributed by atoms with E-state index in [-0.39, 0.29) is 5.91 Å². The average Bonchev–Trinajstić information content (AvgIpc) is 2.82. The molecule has 1 aromatic carbocycles. The van der Waals surface area contributed by atoms with Gasteiger partial charge in [-0.1, -0.05) is 11.6 Å². The second kappa shape index (κ2) is 5.96. The summed E-state index contributed by atoms with van der Waals surface area (Å²) in [6.45, 7) is 0.335. The molecule has 1 amide bonds. The van der Waals surface area contributed by atoms with E-state index in [0.717, 1.165) is 8.58 Å². The first-order valence-corrected chi connectivity index (χ1v) is 7.34. The fraction of sp³-hybridized carbons (Fsp3) is 0.0909. The average molecular weight is 394 g/mol. The first-order chi connectivity index (χ1) is 8.60. The molecule has 3 N–H and O–H groups in total. The summed E-state index contributed by atoms with van der Waals surface area (Å²) in [6, 6.07) is 5.41. The highest BCUT2D eigenvalue weighted by Crippen LogP contribution is 2.24. The number of carbonyl (C=O) groups excluding carboxylic acids is 1. The van der Waals surface area contributed by atoms with Crippen molar-refractivity contribution in [2.24, 2.45) is 5.73 Å². The number of hydrogen-bond acceptors (Lipinski definition) is 4. The molecule has 4 nitrogen and oxygen atoms in total. The number of nitrogens with two attached hydrogens (primary N) is 1. The van der Waals surface area contributed by atoms with E-state index in [2.05, 4.69) is 32.9 Å². The van der Waals surface area contributed by atoms with Gasteiger partial charge in [0, 0.05) is 15.5 Å². The van der Waals surface area contributed by atoms with Gasteiger partial charge >= 0.3 is 0 Å². The molecule has 0 aliphatic carbocycles. The Morgan fingerprint density at radius 1 is 1.56 bits per heavy atom. The summed E-state index contributed by atoms with van der Waals surface area (Å²) in [4.78, 5) is 16.1. The molecule has 0 spiro atoms. The number of halogens is 2. The number of nitrogens with zero attached hydrogens (tertiary/aromatic N) is 1. The Bertz CT molecular complexity index is 587. The molecule has 2 aromatic rings. The first kappa shape index (κ1) is 13.7. The lowest BCUT2D eigenvalue weighted by Crippen LogP contribution is -2.13. The van der Waals surface area contributed by atoms with Gasteiger partial charge in [0.2, 0.25) is 0 Å². The second-order valence-electron chi connectivity index (χ2n) is 3.41. The Hall–Kier alpha value is -0.700. The van der Waals surface area contributed by atoms with Gasteiger partial charge < -0.3 is 11.1 Å². The van der Waals surface area contributed by atoms with Gasteiger partial charge in [-0.05, 0) is 40.8 Å². The smallest absolute Gasteiger partial charge is 0.275 e. The number of anilines is 1. The molecule has 18 heavy (non-hydrogen) atoms. The lowest BCUT2D eigenvalue weighted by Gasteiger charge is -2.06. The van der Waals surface area contributed by atoms with Crippen LogP contribution in [0.4, 0.5) is 5.69 Å². The van der Waals surface area contributed by atoms with Gasteiger partial charge in [0.05, 0.1) is 10.7 Å². The number of carbonyl (C=O) groups is 1. The van der Waals surface area contributed by atoms with Crippen LogP contribution in [0.15, 0.2) is 23.6 Å². The Morgan fingerprint density at radius 2 is 2.33 bits per heavy atom. The highest BCUT2D eigenvalue weighted by atomic mass is 127. The predicted molar refractivity (Wildman–Crippen MR) is 82.1 cm³/mol. The van der Waals surface area contributed by atoms with Crippen molar-refractivity contribution in [3.05, 3.63) is 42.9 Å². The summed E-state index contributed by atoms with van der Waals surface area (Å²) in [5.74, 6) is -0.283. The van der Waals surface area contributed by atoms with Gasteiger partial charge in [0.15, 0.2) is 0 Å². The molecule has 0 atom stereocenters. The van der Waals surface area contributed by atoms with Crippen LogP contribution < -0.4 is 11.1 Å². The lowest BCUT2D eigenvalue weighted by molar-refractivity contribution is 0.102. The molecular weight excluding hydrogens is 385 g/mol. The molecule has 94 valence electrons. The van der Waals surface area contributed by atoms with Crippen molar-refractivity contribution in [2.45, 2.75) is 6.54 Å². The van der Waals surface area contributed by atoms with Gasteiger partial charge in [-0.15, -0.1) is 11.3 Å². The zero-order chi connectivity index (χ0) is 13.1. The van der Waals surface area contributed by atoms with E-state index in [1.54, 1.807) is 17.5 Å². The fourth-order valence-electron chi connectivity index (χ4n) is 1.29. The molecule has 1 aromatic heterocycles. The Balaban J connectivity index is 2.18. The number of amides is 1. The summed E-state index contributed by atoms with van der Waals surface area (Å²) < 4.78 is 0.994. The van der Waals surface area contributed by atoms with Gasteiger partial charge in [0.25, 0.3) is 5.91 Å². The van der Waals surface area contributed by atoms with Gasteiger partial charge in [0.1, 0.15) is 10.7 Å². The number of hydrogen-bond donors (Lipinski definition) is 2. The minimum Gasteiger partial charge on any atom is -0.325 e. The molecule has 0 aliphatic rings. The van der Waals surface area contributed by atoms with Crippen molar-refractivity contribution in [1.29, 1.82) is 0 Å². The SMILES string of the molecule is NCc1nc(C(=O)Nc2cc(I)ccc2Cl)cs1. The van der Waals surface area contributed by atoms with E-state index in [1.165, 1.54) is 11.3 Å². The summed E-state index contributed by atoms with van der Waals surface area (Å²) in [7, 11) is 0. The van der Waals surface area contributed by atoms with Crippen LogP contribution in [0.2, 0.25) is 5.02 Å². The van der Waals surface area contributed by atoms with Crippen LogP contribution in [0.25, 0.3) is 0 Å². The Morgan fingerprint density at radius 3 is 3.00 bits per heavy atom. The van der Waals surface area contributed by atoms with Crippen LogP contribution in [0.3, 0.4) is 0 Å². The number of thiazole rings is 1. The summed E-state index contributed by atoms with van der Waals surface area (Å²) in [5, 5.41) is 5.64. The summed E-state index contributed by atoms with van der Waals surface area (Å²) in [5.41, 5.74) is 6.39. The third kappa shape index (κ3) is 3.19. The van der Waals surface area contributed by atoms with Crippen molar-refractivity contribution >= 4 is 57.1 Å². The predicted octanol–water partition coefficient (Wildman–Crippen LogP) is 3.11. The monoisotopic (exact) mass is 393 g/mol. The van der Waals surface area contributed by atoms with Crippen molar-refractivity contribution in [1.82, 2.24) is 4.98 Å². The van der Waals surface area contributed by atoms with E-state index >= 15 is 0 Å². The molecule has 1 heterocycles. The molecule has 0 saturated carbocycles. The van der Waals surface area contributed by atoms with Gasteiger partial charge in [-0.25, -0.2) is 4.98 Å². The molecule has 0 aliphatic heterocycles. The number of nitrogens with one attached hydrogen (secondary N) is 1. The Labute approximate surface area is 127 Å². The maximum atomic E-state index is 11.9. The van der Waals surface area contributed by atoms with E-state index in [4.69, 9.17) is 17.3 Å². The fourth-order valence-corrected chi connectivity index (χ4v) is 2.60. The van der Waals surface area contributed by atoms with E-state index in [9.17, 15) is 4.79 Å². The topological polar surface area (TPSA) is 68.0 Å². The molecule has 2 rings (SSSR count). The molecule has 0 bridgehead atoms. The molecule has 0 saturated heterocycles. The number of benzene rings is 1. The van der Waals surface area contributed by atoms with Crippen LogP contribution in [0, 0.1) is 3.57 Å². The lowest BCUT2D eigenvalue weighted by atomic mass is 10.3. The molecule has 0 fully saturated rings. The molecule has 0 unspecified atom stereocenters. The summed E-state index contributed by atoms with van der Waals surface area (Å²) in [6.07, 6.45) is 0. The molecule has 7 heteroatoms. The summed E-state index contributed by atoms with van der Waals surface area (Å²) >= 11 is 9.52. The van der Waals surface area contributed by atoms with E-state index in [1.807, 2.05) is 6.07 Å². The van der Waals surface area contributed by atoms with Crippen molar-refractivity contribution in [3.63, 3.8) is 0 Å². The Kier molecular flexibility index (Phi) is 4.55. The standard InChI is InChI=1S/C11H9ClIN3OS/c12-7-2-1-6(13)3-8(7)16-11(17)9-5-18-10(4-14)15-9/h1-3,5H,4,14H2,(H,16,17). The third-order valence-electron chi connectivity index (χ3n) is 2.14. The van der Waals surface area contributed by atoms with Gasteiger partial charge in [-0.3, -0.25) is 4.79 Å². The maximum Gasteiger partial charge on any atom is 0.275 e. The zero-order valence-electron chi connectivity index (χ0n) is 9.11. The van der Waals surface area contributed by atoms with Gasteiger partial charge in [-0.2, -0.15) is 0 Å². The van der Waals surface area contributed by atoms with Crippen LogP contribution in [-0.4, -0.2) is 10.9 Å². The van der Waals surface area contributed by atoms with E-state index in [0.29, 0.717) is 22.9 Å². The second-order valence-corrected chi connectivity index (χ2v) is 6.00. The van der Waals surface area contributed by atoms with Crippen molar-refractivity contribution in [2.75, 3.05) is 5.32 Å².